The van der Waals surface area contributed by atoms with Gasteiger partial charge in [-0.3, -0.25) is 0 Å². The first kappa shape index (κ1) is 11.5. The SMILES string of the molecule is Cc1cccc(C(=O)O)c1C=CCCO. The van der Waals surface area contributed by atoms with Gasteiger partial charge in [0.05, 0.1) is 5.56 Å². The molecular weight excluding hydrogens is 192 g/mol. The third kappa shape index (κ3) is 2.92. The van der Waals surface area contributed by atoms with Crippen molar-refractivity contribution in [3.63, 3.8) is 0 Å². The molecule has 15 heavy (non-hydrogen) atoms. The monoisotopic (exact) mass is 206 g/mol. The van der Waals surface area contributed by atoms with Crippen LogP contribution in [0.4, 0.5) is 0 Å². The Balaban J connectivity index is 3.07. The van der Waals surface area contributed by atoms with E-state index in [9.17, 15) is 4.79 Å². The van der Waals surface area contributed by atoms with Crippen LogP contribution in [0.5, 0.6) is 0 Å². The summed E-state index contributed by atoms with van der Waals surface area (Å²) in [7, 11) is 0. The van der Waals surface area contributed by atoms with Crippen molar-refractivity contribution in [1.29, 1.82) is 0 Å². The predicted molar refractivity (Wildman–Crippen MR) is 58.9 cm³/mol. The van der Waals surface area contributed by atoms with Crippen LogP contribution >= 0.6 is 0 Å². The Hall–Kier alpha value is -1.61. The Morgan fingerprint density at radius 1 is 1.47 bits per heavy atom. The van der Waals surface area contributed by atoms with Gasteiger partial charge in [0.25, 0.3) is 0 Å². The first-order valence-electron chi connectivity index (χ1n) is 4.77. The minimum atomic E-state index is -0.928. The molecule has 0 atom stereocenters. The summed E-state index contributed by atoms with van der Waals surface area (Å²) in [4.78, 5) is 10.9. The molecular formula is C12H14O3. The van der Waals surface area contributed by atoms with Crippen LogP contribution in [0.2, 0.25) is 0 Å². The molecule has 2 N–H and O–H groups in total. The molecule has 0 aliphatic carbocycles. The second kappa shape index (κ2) is 5.32. The fraction of sp³-hybridized carbons (Fsp3) is 0.250. The van der Waals surface area contributed by atoms with E-state index in [-0.39, 0.29) is 6.61 Å². The number of carboxylic acid groups (broad SMARTS) is 1. The molecule has 0 spiro atoms. The normalized spacial score (nSPS) is 10.8. The van der Waals surface area contributed by atoms with Gasteiger partial charge in [-0.05, 0) is 30.5 Å². The van der Waals surface area contributed by atoms with Crippen LogP contribution in [0, 0.1) is 6.92 Å². The number of hydrogen-bond acceptors (Lipinski definition) is 2. The number of aromatic carboxylic acids is 1. The van der Waals surface area contributed by atoms with E-state index in [2.05, 4.69) is 0 Å². The lowest BCUT2D eigenvalue weighted by Crippen LogP contribution is -2.00. The molecule has 0 bridgehead atoms. The topological polar surface area (TPSA) is 57.5 Å². The van der Waals surface area contributed by atoms with Crippen LogP contribution in [0.1, 0.15) is 27.9 Å². The summed E-state index contributed by atoms with van der Waals surface area (Å²) in [6.45, 7) is 1.94. The van der Waals surface area contributed by atoms with Gasteiger partial charge in [0.2, 0.25) is 0 Å². The maximum Gasteiger partial charge on any atom is 0.336 e. The lowest BCUT2D eigenvalue weighted by Gasteiger charge is -2.04. The van der Waals surface area contributed by atoms with E-state index in [0.717, 1.165) is 5.56 Å². The highest BCUT2D eigenvalue weighted by Crippen LogP contribution is 2.16. The highest BCUT2D eigenvalue weighted by atomic mass is 16.4. The largest absolute Gasteiger partial charge is 0.478 e. The molecule has 0 aliphatic rings. The van der Waals surface area contributed by atoms with Crippen molar-refractivity contribution < 1.29 is 15.0 Å². The minimum absolute atomic E-state index is 0.0742. The quantitative estimate of drug-likeness (QED) is 0.793. The fourth-order valence-electron chi connectivity index (χ4n) is 1.36. The number of carboxylic acids is 1. The van der Waals surface area contributed by atoms with Crippen LogP contribution in [0.15, 0.2) is 24.3 Å². The summed E-state index contributed by atoms with van der Waals surface area (Å²) >= 11 is 0. The standard InChI is InChI=1S/C12H14O3/c1-9-5-4-7-11(12(14)15)10(9)6-2-3-8-13/h2,4-7,13H,3,8H2,1H3,(H,14,15). The van der Waals surface area contributed by atoms with E-state index in [1.807, 2.05) is 13.0 Å². The predicted octanol–water partition coefficient (Wildman–Crippen LogP) is 2.09. The molecule has 80 valence electrons. The van der Waals surface area contributed by atoms with Crippen LogP contribution in [0.25, 0.3) is 6.08 Å². The molecule has 3 nitrogen and oxygen atoms in total. The molecule has 1 aromatic carbocycles. The van der Waals surface area contributed by atoms with Gasteiger partial charge in [-0.2, -0.15) is 0 Å². The second-order valence-electron chi connectivity index (χ2n) is 3.26. The maximum absolute atomic E-state index is 10.9. The van der Waals surface area contributed by atoms with Crippen molar-refractivity contribution in [3.8, 4) is 0 Å². The van der Waals surface area contributed by atoms with Crippen molar-refractivity contribution in [2.45, 2.75) is 13.3 Å². The number of aliphatic hydroxyl groups excluding tert-OH is 1. The highest BCUT2D eigenvalue weighted by molar-refractivity contribution is 5.92. The highest BCUT2D eigenvalue weighted by Gasteiger charge is 2.08. The smallest absolute Gasteiger partial charge is 0.336 e. The number of carbonyl (C=O) groups is 1. The molecule has 3 heteroatoms. The summed E-state index contributed by atoms with van der Waals surface area (Å²) in [6, 6.07) is 5.17. The molecule has 0 heterocycles. The van der Waals surface area contributed by atoms with Crippen molar-refractivity contribution >= 4 is 12.0 Å². The molecule has 0 saturated carbocycles. The maximum atomic E-state index is 10.9. The molecule has 0 radical (unpaired) electrons. The molecule has 0 fully saturated rings. The van der Waals surface area contributed by atoms with Gasteiger partial charge < -0.3 is 10.2 Å². The molecule has 0 aliphatic heterocycles. The van der Waals surface area contributed by atoms with Crippen molar-refractivity contribution in [2.75, 3.05) is 6.61 Å². The Kier molecular flexibility index (Phi) is 4.06. The van der Waals surface area contributed by atoms with Crippen molar-refractivity contribution in [3.05, 3.63) is 41.0 Å². The lowest BCUT2D eigenvalue weighted by molar-refractivity contribution is 0.0696. The van der Waals surface area contributed by atoms with E-state index < -0.39 is 5.97 Å². The lowest BCUT2D eigenvalue weighted by atomic mass is 10.0. The summed E-state index contributed by atoms with van der Waals surface area (Å²) in [5, 5.41) is 17.6. The first-order chi connectivity index (χ1) is 7.16. The van der Waals surface area contributed by atoms with Crippen LogP contribution < -0.4 is 0 Å². The molecule has 1 rings (SSSR count). The minimum Gasteiger partial charge on any atom is -0.478 e. The van der Waals surface area contributed by atoms with E-state index in [1.54, 1.807) is 24.3 Å². The van der Waals surface area contributed by atoms with Crippen LogP contribution in [0.3, 0.4) is 0 Å². The summed E-state index contributed by atoms with van der Waals surface area (Å²) in [5.41, 5.74) is 1.92. The molecule has 0 unspecified atom stereocenters. The Morgan fingerprint density at radius 2 is 2.20 bits per heavy atom. The average molecular weight is 206 g/mol. The van der Waals surface area contributed by atoms with Gasteiger partial charge in [-0.25, -0.2) is 4.79 Å². The summed E-state index contributed by atoms with van der Waals surface area (Å²) in [5.74, 6) is -0.928. The number of rotatable bonds is 4. The van der Waals surface area contributed by atoms with E-state index in [4.69, 9.17) is 10.2 Å². The zero-order valence-corrected chi connectivity index (χ0v) is 8.60. The Labute approximate surface area is 88.7 Å². The van der Waals surface area contributed by atoms with Crippen molar-refractivity contribution in [2.24, 2.45) is 0 Å². The number of aryl methyl sites for hydroxylation is 1. The molecule has 0 saturated heterocycles. The van der Waals surface area contributed by atoms with Crippen LogP contribution in [-0.4, -0.2) is 22.8 Å². The number of benzene rings is 1. The fourth-order valence-corrected chi connectivity index (χ4v) is 1.36. The third-order valence-corrected chi connectivity index (χ3v) is 2.13. The summed E-state index contributed by atoms with van der Waals surface area (Å²) in [6.07, 6.45) is 4.05. The van der Waals surface area contributed by atoms with E-state index in [1.165, 1.54) is 0 Å². The zero-order chi connectivity index (χ0) is 11.3. The second-order valence-corrected chi connectivity index (χ2v) is 3.26. The van der Waals surface area contributed by atoms with E-state index in [0.29, 0.717) is 17.5 Å². The first-order valence-corrected chi connectivity index (χ1v) is 4.77. The number of aliphatic hydroxyl groups is 1. The molecule has 1 aromatic rings. The average Bonchev–Trinajstić information content (AvgIpc) is 2.20. The Morgan fingerprint density at radius 3 is 2.80 bits per heavy atom. The van der Waals surface area contributed by atoms with Gasteiger partial charge >= 0.3 is 5.97 Å². The van der Waals surface area contributed by atoms with Gasteiger partial charge in [-0.15, -0.1) is 0 Å². The Bertz CT molecular complexity index is 380. The van der Waals surface area contributed by atoms with Crippen molar-refractivity contribution in [1.82, 2.24) is 0 Å². The summed E-state index contributed by atoms with van der Waals surface area (Å²) < 4.78 is 0. The zero-order valence-electron chi connectivity index (χ0n) is 8.60. The van der Waals surface area contributed by atoms with E-state index >= 15 is 0 Å². The number of hydrogen-bond donors (Lipinski definition) is 2. The van der Waals surface area contributed by atoms with Crippen LogP contribution in [-0.2, 0) is 0 Å². The van der Waals surface area contributed by atoms with Gasteiger partial charge in [0.1, 0.15) is 0 Å². The molecule has 0 amide bonds. The molecule has 0 aromatic heterocycles. The third-order valence-electron chi connectivity index (χ3n) is 2.13. The van der Waals surface area contributed by atoms with Gasteiger partial charge in [0, 0.05) is 6.61 Å². The van der Waals surface area contributed by atoms with Gasteiger partial charge in [0.15, 0.2) is 0 Å². The van der Waals surface area contributed by atoms with Gasteiger partial charge in [-0.1, -0.05) is 24.3 Å².